The SMILES string of the molecule is C[C@H](/C=C/c1ccccc1)C(O)C(O)C(O)CO. The van der Waals surface area contributed by atoms with E-state index in [1.807, 2.05) is 36.4 Å². The highest BCUT2D eigenvalue weighted by molar-refractivity contribution is 5.49. The van der Waals surface area contributed by atoms with Crippen molar-refractivity contribution < 1.29 is 20.4 Å². The summed E-state index contributed by atoms with van der Waals surface area (Å²) in [5, 5.41) is 37.3. The molecule has 1 rings (SSSR count). The first kappa shape index (κ1) is 14.9. The summed E-state index contributed by atoms with van der Waals surface area (Å²) in [5.74, 6) is -0.332. The van der Waals surface area contributed by atoms with Crippen LogP contribution in [0, 0.1) is 5.92 Å². The minimum atomic E-state index is -1.36. The van der Waals surface area contributed by atoms with Crippen molar-refractivity contribution in [1.82, 2.24) is 0 Å². The van der Waals surface area contributed by atoms with Gasteiger partial charge in [-0.05, 0) is 5.56 Å². The lowest BCUT2D eigenvalue weighted by Gasteiger charge is -2.24. The van der Waals surface area contributed by atoms with Gasteiger partial charge in [0, 0.05) is 5.92 Å². The summed E-state index contributed by atoms with van der Waals surface area (Å²) in [5.41, 5.74) is 0.994. The van der Waals surface area contributed by atoms with Gasteiger partial charge in [-0.15, -0.1) is 0 Å². The molecule has 18 heavy (non-hydrogen) atoms. The molecule has 0 saturated heterocycles. The Morgan fingerprint density at radius 2 is 1.67 bits per heavy atom. The fourth-order valence-electron chi connectivity index (χ4n) is 1.59. The van der Waals surface area contributed by atoms with Crippen LogP contribution < -0.4 is 0 Å². The molecule has 0 bridgehead atoms. The minimum absolute atomic E-state index is 0.332. The number of rotatable bonds is 6. The molecule has 0 aliphatic carbocycles. The molecule has 0 saturated carbocycles. The van der Waals surface area contributed by atoms with Gasteiger partial charge in [0.05, 0.1) is 12.7 Å². The average molecular weight is 252 g/mol. The van der Waals surface area contributed by atoms with Gasteiger partial charge >= 0.3 is 0 Å². The molecule has 4 heteroatoms. The highest BCUT2D eigenvalue weighted by Crippen LogP contribution is 2.14. The van der Waals surface area contributed by atoms with E-state index in [1.165, 1.54) is 0 Å². The normalized spacial score (nSPS) is 18.5. The van der Waals surface area contributed by atoms with E-state index in [0.29, 0.717) is 0 Å². The quantitative estimate of drug-likeness (QED) is 0.591. The summed E-state index contributed by atoms with van der Waals surface area (Å²) >= 11 is 0. The van der Waals surface area contributed by atoms with Crippen molar-refractivity contribution in [3.05, 3.63) is 42.0 Å². The van der Waals surface area contributed by atoms with Gasteiger partial charge in [-0.1, -0.05) is 49.4 Å². The van der Waals surface area contributed by atoms with Crippen molar-refractivity contribution in [1.29, 1.82) is 0 Å². The largest absolute Gasteiger partial charge is 0.394 e. The molecule has 0 amide bonds. The summed E-state index contributed by atoms with van der Waals surface area (Å²) in [6, 6.07) is 9.58. The van der Waals surface area contributed by atoms with Crippen LogP contribution in [0.5, 0.6) is 0 Å². The smallest absolute Gasteiger partial charge is 0.109 e. The molecule has 0 aliphatic rings. The van der Waals surface area contributed by atoms with Crippen molar-refractivity contribution in [2.24, 2.45) is 5.92 Å². The Morgan fingerprint density at radius 1 is 1.06 bits per heavy atom. The second-order valence-corrected chi connectivity index (χ2v) is 4.36. The summed E-state index contributed by atoms with van der Waals surface area (Å²) in [6.45, 7) is 1.16. The van der Waals surface area contributed by atoms with E-state index in [0.717, 1.165) is 5.56 Å². The van der Waals surface area contributed by atoms with Gasteiger partial charge in [-0.2, -0.15) is 0 Å². The van der Waals surface area contributed by atoms with Crippen LogP contribution in [0.25, 0.3) is 6.08 Å². The molecule has 0 fully saturated rings. The van der Waals surface area contributed by atoms with Crippen LogP contribution >= 0.6 is 0 Å². The maximum absolute atomic E-state index is 9.79. The Bertz CT molecular complexity index is 363. The summed E-state index contributed by atoms with van der Waals surface area (Å²) < 4.78 is 0. The van der Waals surface area contributed by atoms with Crippen molar-refractivity contribution in [3.63, 3.8) is 0 Å². The van der Waals surface area contributed by atoms with Gasteiger partial charge in [0.1, 0.15) is 12.2 Å². The molecule has 4 nitrogen and oxygen atoms in total. The number of aliphatic hydroxyl groups is 4. The van der Waals surface area contributed by atoms with E-state index in [1.54, 1.807) is 13.0 Å². The fourth-order valence-corrected chi connectivity index (χ4v) is 1.59. The molecule has 100 valence electrons. The molecule has 0 aliphatic heterocycles. The van der Waals surface area contributed by atoms with Crippen LogP contribution in [0.15, 0.2) is 36.4 Å². The third kappa shape index (κ3) is 4.23. The average Bonchev–Trinajstić information content (AvgIpc) is 2.43. The van der Waals surface area contributed by atoms with E-state index in [4.69, 9.17) is 5.11 Å². The van der Waals surface area contributed by atoms with Crippen LogP contribution in [0.3, 0.4) is 0 Å². The lowest BCUT2D eigenvalue weighted by molar-refractivity contribution is -0.0864. The Hall–Kier alpha value is -1.20. The Morgan fingerprint density at radius 3 is 2.22 bits per heavy atom. The van der Waals surface area contributed by atoms with Crippen LogP contribution in [0.2, 0.25) is 0 Å². The first-order valence-corrected chi connectivity index (χ1v) is 5.94. The van der Waals surface area contributed by atoms with E-state index >= 15 is 0 Å². The maximum atomic E-state index is 9.79. The van der Waals surface area contributed by atoms with Crippen molar-refractivity contribution in [2.45, 2.75) is 25.2 Å². The number of hydrogen-bond acceptors (Lipinski definition) is 4. The van der Waals surface area contributed by atoms with Gasteiger partial charge in [0.2, 0.25) is 0 Å². The number of aliphatic hydroxyl groups excluding tert-OH is 4. The lowest BCUT2D eigenvalue weighted by atomic mass is 9.95. The van der Waals surface area contributed by atoms with E-state index in [9.17, 15) is 15.3 Å². The molecular formula is C14H20O4. The van der Waals surface area contributed by atoms with E-state index < -0.39 is 24.9 Å². The molecule has 0 radical (unpaired) electrons. The standard InChI is InChI=1S/C14H20O4/c1-10(13(17)14(18)12(16)9-15)7-8-11-5-3-2-4-6-11/h2-8,10,12-18H,9H2,1H3/b8-7+/t10-,12?,13?,14?/m1/s1. The molecule has 3 unspecified atom stereocenters. The third-order valence-electron chi connectivity index (χ3n) is 2.86. The Labute approximate surface area is 107 Å². The maximum Gasteiger partial charge on any atom is 0.109 e. The highest BCUT2D eigenvalue weighted by Gasteiger charge is 2.27. The topological polar surface area (TPSA) is 80.9 Å². The molecule has 4 atom stereocenters. The second-order valence-electron chi connectivity index (χ2n) is 4.36. The van der Waals surface area contributed by atoms with Crippen molar-refractivity contribution in [2.75, 3.05) is 6.61 Å². The molecule has 1 aromatic rings. The van der Waals surface area contributed by atoms with Crippen molar-refractivity contribution in [3.8, 4) is 0 Å². The molecule has 0 spiro atoms. The van der Waals surface area contributed by atoms with Crippen LogP contribution in [0.1, 0.15) is 12.5 Å². The van der Waals surface area contributed by atoms with E-state index in [2.05, 4.69) is 0 Å². The number of benzene rings is 1. The minimum Gasteiger partial charge on any atom is -0.394 e. The molecule has 0 aromatic heterocycles. The fraction of sp³-hybridized carbons (Fsp3) is 0.429. The summed E-state index contributed by atoms with van der Waals surface area (Å²) in [7, 11) is 0. The predicted octanol–water partition coefficient (Wildman–Crippen LogP) is 0.411. The van der Waals surface area contributed by atoms with Gasteiger partial charge in [-0.3, -0.25) is 0 Å². The first-order chi connectivity index (χ1) is 8.56. The van der Waals surface area contributed by atoms with Gasteiger partial charge in [0.15, 0.2) is 0 Å². The van der Waals surface area contributed by atoms with Gasteiger partial charge in [0.25, 0.3) is 0 Å². The zero-order chi connectivity index (χ0) is 13.5. The predicted molar refractivity (Wildman–Crippen MR) is 69.7 cm³/mol. The summed E-state index contributed by atoms with van der Waals surface area (Å²) in [4.78, 5) is 0. The molecule has 0 heterocycles. The van der Waals surface area contributed by atoms with Crippen LogP contribution in [-0.2, 0) is 0 Å². The zero-order valence-electron chi connectivity index (χ0n) is 10.3. The molecule has 4 N–H and O–H groups in total. The van der Waals surface area contributed by atoms with Crippen LogP contribution in [0.4, 0.5) is 0 Å². The van der Waals surface area contributed by atoms with Crippen molar-refractivity contribution >= 4 is 6.08 Å². The Kier molecular flexibility index (Phi) is 6.01. The zero-order valence-corrected chi connectivity index (χ0v) is 10.3. The van der Waals surface area contributed by atoms with Gasteiger partial charge in [-0.25, -0.2) is 0 Å². The Balaban J connectivity index is 2.59. The molecule has 1 aromatic carbocycles. The monoisotopic (exact) mass is 252 g/mol. The summed E-state index contributed by atoms with van der Waals surface area (Å²) in [6.07, 6.45) is -0.204. The molecular weight excluding hydrogens is 232 g/mol. The van der Waals surface area contributed by atoms with Gasteiger partial charge < -0.3 is 20.4 Å². The van der Waals surface area contributed by atoms with Crippen LogP contribution in [-0.4, -0.2) is 45.3 Å². The second kappa shape index (κ2) is 7.28. The highest BCUT2D eigenvalue weighted by atomic mass is 16.4. The first-order valence-electron chi connectivity index (χ1n) is 5.94. The number of hydrogen-bond donors (Lipinski definition) is 4. The lowest BCUT2D eigenvalue weighted by Crippen LogP contribution is -2.42. The van der Waals surface area contributed by atoms with E-state index in [-0.39, 0.29) is 5.92 Å². The third-order valence-corrected chi connectivity index (χ3v) is 2.86.